The van der Waals surface area contributed by atoms with E-state index in [4.69, 9.17) is 0 Å². The quantitative estimate of drug-likeness (QED) is 0.833. The fourth-order valence-corrected chi connectivity index (χ4v) is 1.87. The highest BCUT2D eigenvalue weighted by molar-refractivity contribution is 5.34. The molecule has 2 aromatic rings. The molecule has 0 bridgehead atoms. The van der Waals surface area contributed by atoms with E-state index in [2.05, 4.69) is 17.2 Å². The van der Waals surface area contributed by atoms with Crippen molar-refractivity contribution in [3.8, 4) is 11.8 Å². The maximum absolute atomic E-state index is 13.5. The van der Waals surface area contributed by atoms with Crippen LogP contribution in [0.1, 0.15) is 29.7 Å². The lowest BCUT2D eigenvalue weighted by atomic mass is 10.1. The third-order valence-corrected chi connectivity index (χ3v) is 3.20. The van der Waals surface area contributed by atoms with Gasteiger partial charge in [0.2, 0.25) is 0 Å². The van der Waals surface area contributed by atoms with Gasteiger partial charge in [-0.3, -0.25) is 5.32 Å². The summed E-state index contributed by atoms with van der Waals surface area (Å²) in [5, 5.41) is 3.28. The summed E-state index contributed by atoms with van der Waals surface area (Å²) in [7, 11) is 0. The van der Waals surface area contributed by atoms with Crippen LogP contribution >= 0.6 is 0 Å². The number of nitrogens with one attached hydrogen (secondary N) is 1. The molecule has 1 N–H and O–H groups in total. The summed E-state index contributed by atoms with van der Waals surface area (Å²) in [4.78, 5) is 0. The lowest BCUT2D eigenvalue weighted by Crippen LogP contribution is -2.19. The van der Waals surface area contributed by atoms with Gasteiger partial charge >= 0.3 is 0 Å². The van der Waals surface area contributed by atoms with Gasteiger partial charge in [-0.05, 0) is 43.2 Å². The zero-order chi connectivity index (χ0) is 14.4. The Kier molecular flexibility index (Phi) is 4.92. The molecule has 1 atom stereocenters. The van der Waals surface area contributed by atoms with Crippen molar-refractivity contribution in [1.29, 1.82) is 0 Å². The molecule has 0 aliphatic rings. The first kappa shape index (κ1) is 14.3. The maximum Gasteiger partial charge on any atom is 0.126 e. The van der Waals surface area contributed by atoms with Crippen molar-refractivity contribution in [2.45, 2.75) is 19.9 Å². The molecule has 0 amide bonds. The molecule has 2 rings (SSSR count). The van der Waals surface area contributed by atoms with E-state index >= 15 is 0 Å². The van der Waals surface area contributed by atoms with Gasteiger partial charge in [0.15, 0.2) is 0 Å². The summed E-state index contributed by atoms with van der Waals surface area (Å²) < 4.78 is 13.5. The molecular weight excluding hydrogens is 249 g/mol. The van der Waals surface area contributed by atoms with Crippen LogP contribution in [0.25, 0.3) is 0 Å². The molecule has 2 aromatic carbocycles. The first-order chi connectivity index (χ1) is 9.66. The van der Waals surface area contributed by atoms with E-state index in [1.165, 1.54) is 0 Å². The summed E-state index contributed by atoms with van der Waals surface area (Å²) >= 11 is 0. The Bertz CT molecular complexity index is 623. The van der Waals surface area contributed by atoms with Crippen molar-refractivity contribution in [2.75, 3.05) is 6.54 Å². The normalized spacial score (nSPS) is 11.6. The molecule has 1 nitrogen and oxygen atoms in total. The van der Waals surface area contributed by atoms with Crippen LogP contribution in [0.3, 0.4) is 0 Å². The van der Waals surface area contributed by atoms with Crippen LogP contribution in [0.5, 0.6) is 0 Å². The van der Waals surface area contributed by atoms with Gasteiger partial charge in [0.1, 0.15) is 5.82 Å². The van der Waals surface area contributed by atoms with Crippen LogP contribution < -0.4 is 5.32 Å². The molecular formula is C18H18FN. The van der Waals surface area contributed by atoms with E-state index in [9.17, 15) is 4.39 Å². The highest BCUT2D eigenvalue weighted by Crippen LogP contribution is 2.15. The minimum absolute atomic E-state index is 0.0789. The van der Waals surface area contributed by atoms with Gasteiger partial charge in [-0.25, -0.2) is 4.39 Å². The van der Waals surface area contributed by atoms with Gasteiger partial charge in [0.05, 0.1) is 6.54 Å². The maximum atomic E-state index is 13.5. The van der Waals surface area contributed by atoms with Crippen LogP contribution in [-0.2, 0) is 0 Å². The van der Waals surface area contributed by atoms with E-state index in [-0.39, 0.29) is 11.9 Å². The van der Waals surface area contributed by atoms with E-state index in [0.717, 1.165) is 11.1 Å². The van der Waals surface area contributed by atoms with Crippen LogP contribution in [0.4, 0.5) is 4.39 Å². The first-order valence-corrected chi connectivity index (χ1v) is 6.70. The molecule has 20 heavy (non-hydrogen) atoms. The number of hydrogen-bond donors (Lipinski definition) is 1. The summed E-state index contributed by atoms with van der Waals surface area (Å²) in [6.45, 7) is 4.35. The Morgan fingerprint density at radius 1 is 1.15 bits per heavy atom. The second kappa shape index (κ2) is 6.88. The second-order valence-electron chi connectivity index (χ2n) is 4.78. The third-order valence-electron chi connectivity index (χ3n) is 3.20. The molecule has 0 spiro atoms. The average Bonchev–Trinajstić information content (AvgIpc) is 2.47. The summed E-state index contributed by atoms with van der Waals surface area (Å²) in [5.74, 6) is 6.00. The number of rotatable bonds is 3. The molecule has 0 aliphatic heterocycles. The smallest absolute Gasteiger partial charge is 0.126 e. The predicted octanol–water partition coefficient (Wildman–Crippen LogP) is 3.84. The third kappa shape index (κ3) is 3.94. The van der Waals surface area contributed by atoms with Gasteiger partial charge in [-0.15, -0.1) is 0 Å². The minimum Gasteiger partial charge on any atom is -0.300 e. The number of benzene rings is 2. The van der Waals surface area contributed by atoms with E-state index < -0.39 is 0 Å². The SMILES string of the molecule is Cc1ccc(C(C)NCC#Cc2ccccc2)cc1F. The molecule has 0 fully saturated rings. The van der Waals surface area contributed by atoms with Gasteiger partial charge in [0.25, 0.3) is 0 Å². The summed E-state index contributed by atoms with van der Waals surface area (Å²) in [6.07, 6.45) is 0. The lowest BCUT2D eigenvalue weighted by Gasteiger charge is -2.12. The average molecular weight is 267 g/mol. The van der Waals surface area contributed by atoms with Crippen molar-refractivity contribution in [1.82, 2.24) is 5.32 Å². The molecule has 0 radical (unpaired) electrons. The lowest BCUT2D eigenvalue weighted by molar-refractivity contribution is 0.592. The Morgan fingerprint density at radius 3 is 2.60 bits per heavy atom. The molecule has 0 aliphatic carbocycles. The van der Waals surface area contributed by atoms with E-state index in [0.29, 0.717) is 12.1 Å². The zero-order valence-corrected chi connectivity index (χ0v) is 11.8. The van der Waals surface area contributed by atoms with Crippen LogP contribution in [0.2, 0.25) is 0 Å². The molecule has 1 unspecified atom stereocenters. The standard InChI is InChI=1S/C18H18FN/c1-14-10-11-17(13-18(14)19)15(2)20-12-6-9-16-7-4-3-5-8-16/h3-5,7-8,10-11,13,15,20H,12H2,1-2H3. The van der Waals surface area contributed by atoms with Gasteiger partial charge in [-0.2, -0.15) is 0 Å². The summed E-state index contributed by atoms with van der Waals surface area (Å²) in [6, 6.07) is 15.3. The fourth-order valence-electron chi connectivity index (χ4n) is 1.87. The Hall–Kier alpha value is -2.11. The van der Waals surface area contributed by atoms with Crippen molar-refractivity contribution >= 4 is 0 Å². The number of hydrogen-bond acceptors (Lipinski definition) is 1. The fraction of sp³-hybridized carbons (Fsp3) is 0.222. The molecule has 0 saturated carbocycles. The molecule has 102 valence electrons. The zero-order valence-electron chi connectivity index (χ0n) is 11.8. The van der Waals surface area contributed by atoms with Crippen LogP contribution in [0, 0.1) is 24.6 Å². The molecule has 2 heteroatoms. The van der Waals surface area contributed by atoms with Crippen LogP contribution in [0.15, 0.2) is 48.5 Å². The number of halogens is 1. The first-order valence-electron chi connectivity index (χ1n) is 6.70. The Balaban J connectivity index is 1.91. The monoisotopic (exact) mass is 267 g/mol. The van der Waals surface area contributed by atoms with Gasteiger partial charge < -0.3 is 0 Å². The largest absolute Gasteiger partial charge is 0.300 e. The molecule has 0 aromatic heterocycles. The minimum atomic E-state index is -0.161. The van der Waals surface area contributed by atoms with Crippen molar-refractivity contribution in [3.05, 3.63) is 71.0 Å². The predicted molar refractivity (Wildman–Crippen MR) is 80.9 cm³/mol. The van der Waals surface area contributed by atoms with Crippen molar-refractivity contribution in [2.24, 2.45) is 0 Å². The van der Waals surface area contributed by atoms with Gasteiger partial charge in [-0.1, -0.05) is 42.2 Å². The Labute approximate surface area is 119 Å². The molecule has 0 heterocycles. The van der Waals surface area contributed by atoms with Crippen LogP contribution in [-0.4, -0.2) is 6.54 Å². The number of aryl methyl sites for hydroxylation is 1. The summed E-state index contributed by atoms with van der Waals surface area (Å²) in [5.41, 5.74) is 2.61. The molecule has 0 saturated heterocycles. The van der Waals surface area contributed by atoms with Crippen molar-refractivity contribution in [3.63, 3.8) is 0 Å². The van der Waals surface area contributed by atoms with Crippen molar-refractivity contribution < 1.29 is 4.39 Å². The van der Waals surface area contributed by atoms with E-state index in [1.807, 2.05) is 43.3 Å². The topological polar surface area (TPSA) is 12.0 Å². The highest BCUT2D eigenvalue weighted by atomic mass is 19.1. The van der Waals surface area contributed by atoms with Gasteiger partial charge in [0, 0.05) is 11.6 Å². The Morgan fingerprint density at radius 2 is 1.90 bits per heavy atom. The second-order valence-corrected chi connectivity index (χ2v) is 4.78. The van der Waals surface area contributed by atoms with E-state index in [1.54, 1.807) is 19.1 Å². The highest BCUT2D eigenvalue weighted by Gasteiger charge is 2.06.